The third-order valence-electron chi connectivity index (χ3n) is 4.13. The molecule has 0 bridgehead atoms. The fraction of sp³-hybridized carbons (Fsp3) is 0.316. The Morgan fingerprint density at radius 1 is 1.14 bits per heavy atom. The zero-order valence-corrected chi connectivity index (χ0v) is 17.5. The normalized spacial score (nSPS) is 11.9. The molecule has 2 aromatic rings. The van der Waals surface area contributed by atoms with Gasteiger partial charge in [0.15, 0.2) is 0 Å². The molecule has 0 aromatic heterocycles. The van der Waals surface area contributed by atoms with Gasteiger partial charge >= 0.3 is 0 Å². The summed E-state index contributed by atoms with van der Waals surface area (Å²) in [6.45, 7) is 1.34. The van der Waals surface area contributed by atoms with Crippen LogP contribution in [-0.4, -0.2) is 34.3 Å². The topological polar surface area (TPSA) is 98.5 Å². The number of benzene rings is 2. The molecule has 0 aliphatic heterocycles. The summed E-state index contributed by atoms with van der Waals surface area (Å²) in [7, 11) is 0. The van der Waals surface area contributed by atoms with E-state index in [1.54, 1.807) is 42.5 Å². The Balaban J connectivity index is 2.02. The van der Waals surface area contributed by atoms with Gasteiger partial charge in [-0.3, -0.25) is 9.00 Å². The predicted molar refractivity (Wildman–Crippen MR) is 113 cm³/mol. The zero-order valence-electron chi connectivity index (χ0n) is 15.2. The molecule has 9 heteroatoms. The third-order valence-corrected chi connectivity index (χ3v) is 5.74. The van der Waals surface area contributed by atoms with Gasteiger partial charge in [-0.25, -0.2) is 0 Å². The van der Waals surface area contributed by atoms with Crippen LogP contribution in [0.1, 0.15) is 28.8 Å². The van der Waals surface area contributed by atoms with Gasteiger partial charge in [-0.1, -0.05) is 35.3 Å². The molecule has 152 valence electrons. The predicted octanol–water partition coefficient (Wildman–Crippen LogP) is 3.31. The molecule has 0 heterocycles. The summed E-state index contributed by atoms with van der Waals surface area (Å²) >= 11 is 9.69. The lowest BCUT2D eigenvalue weighted by Gasteiger charge is -2.26. The number of unbranched alkanes of at least 4 members (excludes halogenated alkanes) is 1. The van der Waals surface area contributed by atoms with E-state index in [-0.39, 0.29) is 12.5 Å². The first-order chi connectivity index (χ1) is 13.4. The summed E-state index contributed by atoms with van der Waals surface area (Å²) in [5, 5.41) is 3.65. The molecule has 1 amide bonds. The maximum Gasteiger partial charge on any atom is 0.251 e. The monoisotopic (exact) mass is 442 g/mol. The molecule has 0 aliphatic rings. The maximum absolute atomic E-state index is 12.1. The van der Waals surface area contributed by atoms with Gasteiger partial charge in [0.25, 0.3) is 5.91 Å². The lowest BCUT2D eigenvalue weighted by molar-refractivity contribution is 0.0953. The van der Waals surface area contributed by atoms with Gasteiger partial charge in [0.2, 0.25) is 0 Å². The van der Waals surface area contributed by atoms with E-state index in [4.69, 9.17) is 28.9 Å². The number of carbonyl (C=O) groups excluding carboxylic acids is 1. The van der Waals surface area contributed by atoms with Crippen molar-refractivity contribution in [3.8, 4) is 0 Å². The van der Waals surface area contributed by atoms with E-state index in [2.05, 4.69) is 5.32 Å². The molecule has 1 unspecified atom stereocenters. The Labute approximate surface area is 177 Å². The number of hydrogen-bond acceptors (Lipinski definition) is 4. The summed E-state index contributed by atoms with van der Waals surface area (Å²) in [6, 6.07) is 11.6. The van der Waals surface area contributed by atoms with Crippen LogP contribution in [-0.2, 0) is 17.7 Å². The molecule has 0 fully saturated rings. The molecule has 0 saturated carbocycles. The highest BCUT2D eigenvalue weighted by molar-refractivity contribution is 7.80. The van der Waals surface area contributed by atoms with Gasteiger partial charge < -0.3 is 19.9 Å². The molecule has 0 radical (unpaired) electrons. The molecular formula is C19H22Cl2N3O3S-. The number of hydrogen-bond donors (Lipinski definition) is 2. The number of carbonyl (C=O) groups is 1. The average molecular weight is 443 g/mol. The summed E-state index contributed by atoms with van der Waals surface area (Å²) < 4.78 is 24.6. The number of nitrogens with one attached hydrogen (secondary N) is 1. The van der Waals surface area contributed by atoms with Crippen molar-refractivity contribution < 1.29 is 13.6 Å². The van der Waals surface area contributed by atoms with Crippen LogP contribution in [0, 0.1) is 0 Å². The highest BCUT2D eigenvalue weighted by Crippen LogP contribution is 2.26. The SMILES string of the molecule is NCCCCNC(=O)c1ccc(N(CCc2cccc(Cl)c2Cl)S(=O)[O-])cc1. The summed E-state index contributed by atoms with van der Waals surface area (Å²) in [5.74, 6) is -0.205. The van der Waals surface area contributed by atoms with E-state index in [1.165, 1.54) is 4.31 Å². The van der Waals surface area contributed by atoms with Gasteiger partial charge in [-0.05, 0) is 61.7 Å². The third kappa shape index (κ3) is 6.46. The van der Waals surface area contributed by atoms with Crippen molar-refractivity contribution in [3.63, 3.8) is 0 Å². The molecule has 3 N–H and O–H groups in total. The van der Waals surface area contributed by atoms with Gasteiger partial charge in [0.05, 0.1) is 10.0 Å². The van der Waals surface area contributed by atoms with E-state index in [0.29, 0.717) is 40.8 Å². The second kappa shape index (κ2) is 11.4. The van der Waals surface area contributed by atoms with Crippen molar-refractivity contribution in [3.05, 3.63) is 63.6 Å². The first kappa shape index (κ1) is 22.6. The van der Waals surface area contributed by atoms with E-state index in [0.717, 1.165) is 18.4 Å². The van der Waals surface area contributed by atoms with E-state index >= 15 is 0 Å². The number of halogens is 2. The van der Waals surface area contributed by atoms with E-state index in [1.807, 2.05) is 0 Å². The Hall–Kier alpha value is -1.64. The van der Waals surface area contributed by atoms with Gasteiger partial charge in [0.1, 0.15) is 0 Å². The second-order valence-corrected chi connectivity index (χ2v) is 7.74. The molecule has 28 heavy (non-hydrogen) atoms. The molecule has 0 aliphatic carbocycles. The Kier molecular flexibility index (Phi) is 9.21. The lowest BCUT2D eigenvalue weighted by Crippen LogP contribution is -2.28. The fourth-order valence-electron chi connectivity index (χ4n) is 2.61. The standard InChI is InChI=1S/C19H23Cl2N3O3S/c20-17-5-3-4-14(18(17)21)10-13-24(28(26)27)16-8-6-15(7-9-16)19(25)23-12-2-1-11-22/h3-9H,1-2,10-13,22H2,(H,23,25)(H,26,27)/p-1. The smallest absolute Gasteiger partial charge is 0.251 e. The molecule has 0 saturated heterocycles. The molecule has 6 nitrogen and oxygen atoms in total. The van der Waals surface area contributed by atoms with Crippen molar-refractivity contribution in [2.24, 2.45) is 5.73 Å². The maximum atomic E-state index is 12.1. The van der Waals surface area contributed by atoms with Crippen LogP contribution < -0.4 is 15.4 Å². The summed E-state index contributed by atoms with van der Waals surface area (Å²) in [5.41, 5.74) is 7.11. The first-order valence-corrected chi connectivity index (χ1v) is 10.6. The average Bonchev–Trinajstić information content (AvgIpc) is 2.68. The van der Waals surface area contributed by atoms with Crippen molar-refractivity contribution in [2.75, 3.05) is 23.9 Å². The van der Waals surface area contributed by atoms with Crippen molar-refractivity contribution in [2.45, 2.75) is 19.3 Å². The molecule has 2 rings (SSSR count). The number of rotatable bonds is 10. The van der Waals surface area contributed by atoms with Crippen LogP contribution in [0.4, 0.5) is 5.69 Å². The number of nitrogens with two attached hydrogens (primary N) is 1. The second-order valence-electron chi connectivity index (χ2n) is 6.08. The number of nitrogens with zero attached hydrogens (tertiary/aromatic N) is 1. The molecule has 1 atom stereocenters. The minimum absolute atomic E-state index is 0.195. The highest BCUT2D eigenvalue weighted by atomic mass is 35.5. The van der Waals surface area contributed by atoms with Crippen molar-refractivity contribution >= 4 is 46.1 Å². The van der Waals surface area contributed by atoms with Crippen LogP contribution in [0.25, 0.3) is 0 Å². The van der Waals surface area contributed by atoms with E-state index in [9.17, 15) is 13.6 Å². The first-order valence-electron chi connectivity index (χ1n) is 8.82. The fourth-order valence-corrected chi connectivity index (χ4v) is 3.55. The molecular weight excluding hydrogens is 421 g/mol. The molecule has 0 spiro atoms. The molecule has 2 aromatic carbocycles. The highest BCUT2D eigenvalue weighted by Gasteiger charge is 2.12. The quantitative estimate of drug-likeness (QED) is 0.435. The van der Waals surface area contributed by atoms with Crippen molar-refractivity contribution in [1.82, 2.24) is 5.32 Å². The van der Waals surface area contributed by atoms with Crippen molar-refractivity contribution in [1.29, 1.82) is 0 Å². The minimum atomic E-state index is -2.47. The van der Waals surface area contributed by atoms with Gasteiger partial charge in [0, 0.05) is 35.6 Å². The van der Waals surface area contributed by atoms with Gasteiger partial charge in [-0.15, -0.1) is 0 Å². The Morgan fingerprint density at radius 3 is 2.50 bits per heavy atom. The van der Waals surface area contributed by atoms with E-state index < -0.39 is 11.3 Å². The van der Waals surface area contributed by atoms with Crippen LogP contribution in [0.15, 0.2) is 42.5 Å². The zero-order chi connectivity index (χ0) is 20.5. The summed E-state index contributed by atoms with van der Waals surface area (Å²) in [6.07, 6.45) is 2.06. The van der Waals surface area contributed by atoms with Crippen LogP contribution in [0.3, 0.4) is 0 Å². The Morgan fingerprint density at radius 2 is 1.86 bits per heavy atom. The van der Waals surface area contributed by atoms with Gasteiger partial charge in [-0.2, -0.15) is 0 Å². The summed E-state index contributed by atoms with van der Waals surface area (Å²) in [4.78, 5) is 12.1. The number of amides is 1. The minimum Gasteiger partial charge on any atom is -0.755 e. The largest absolute Gasteiger partial charge is 0.755 e. The Bertz CT molecular complexity index is 819. The lowest BCUT2D eigenvalue weighted by atomic mass is 10.1. The van der Waals surface area contributed by atoms with Crippen LogP contribution in [0.2, 0.25) is 10.0 Å². The van der Waals surface area contributed by atoms with Crippen LogP contribution >= 0.6 is 23.2 Å². The van der Waals surface area contributed by atoms with Crippen LogP contribution in [0.5, 0.6) is 0 Å². The number of anilines is 1.